The number of hydrogen-bond donors (Lipinski definition) is 2. The summed E-state index contributed by atoms with van der Waals surface area (Å²) in [6, 6.07) is 13.8. The number of carbonyl (C=O) groups excluding carboxylic acids is 2. The summed E-state index contributed by atoms with van der Waals surface area (Å²) in [5.41, 5.74) is 8.88. The number of hydrogen-bond acceptors (Lipinski definition) is 8. The molecule has 1 unspecified atom stereocenters. The van der Waals surface area contributed by atoms with Crippen molar-refractivity contribution in [2.75, 3.05) is 11.6 Å². The lowest BCUT2D eigenvalue weighted by Gasteiger charge is -2.20. The minimum atomic E-state index is -4.82. The second-order valence-electron chi connectivity index (χ2n) is 9.96. The fraction of sp³-hybridized carbons (Fsp3) is 0.233. The average molecular weight is 658 g/mol. The summed E-state index contributed by atoms with van der Waals surface area (Å²) in [6.45, 7) is 3.56. The van der Waals surface area contributed by atoms with Crippen LogP contribution in [-0.4, -0.2) is 50.3 Å². The van der Waals surface area contributed by atoms with Gasteiger partial charge in [0.1, 0.15) is 29.0 Å². The van der Waals surface area contributed by atoms with Gasteiger partial charge in [-0.15, -0.1) is 18.3 Å². The number of aryl methyl sites for hydroxylation is 2. The zero-order chi connectivity index (χ0) is 33.0. The van der Waals surface area contributed by atoms with Crippen LogP contribution in [-0.2, 0) is 11.2 Å². The van der Waals surface area contributed by atoms with Crippen molar-refractivity contribution >= 4 is 34.6 Å². The number of alkyl halides is 3. The van der Waals surface area contributed by atoms with Crippen LogP contribution < -0.4 is 25.4 Å². The van der Waals surface area contributed by atoms with Crippen molar-refractivity contribution in [1.82, 2.24) is 20.1 Å². The Morgan fingerprint density at radius 2 is 1.85 bits per heavy atom. The first-order valence-electron chi connectivity index (χ1n) is 13.8. The highest BCUT2D eigenvalue weighted by atomic mass is 32.2. The molecule has 3 amide bonds. The Balaban J connectivity index is 1.21. The molecule has 240 valence electrons. The Hall–Kier alpha value is -4.96. The van der Waals surface area contributed by atoms with Gasteiger partial charge < -0.3 is 20.5 Å². The second kappa shape index (κ2) is 13.6. The van der Waals surface area contributed by atoms with Gasteiger partial charge in [-0.05, 0) is 66.9 Å². The molecule has 46 heavy (non-hydrogen) atoms. The summed E-state index contributed by atoms with van der Waals surface area (Å²) >= 11 is 0.964. The zero-order valence-electron chi connectivity index (χ0n) is 24.4. The maximum absolute atomic E-state index is 15.0. The molecule has 1 aliphatic rings. The molecule has 5 rings (SSSR count). The van der Waals surface area contributed by atoms with Gasteiger partial charge in [-0.1, -0.05) is 37.2 Å². The molecule has 16 heteroatoms. The number of carbonyl (C=O) groups is 2. The van der Waals surface area contributed by atoms with Gasteiger partial charge in [-0.3, -0.25) is 9.69 Å². The van der Waals surface area contributed by atoms with E-state index in [1.807, 2.05) is 32.0 Å². The van der Waals surface area contributed by atoms with Gasteiger partial charge in [0, 0.05) is 6.07 Å². The van der Waals surface area contributed by atoms with E-state index < -0.39 is 29.3 Å². The Bertz CT molecular complexity index is 1780. The lowest BCUT2D eigenvalue weighted by atomic mass is 10.0. The van der Waals surface area contributed by atoms with E-state index in [0.717, 1.165) is 53.9 Å². The summed E-state index contributed by atoms with van der Waals surface area (Å²) in [5, 5.41) is 5.85. The Morgan fingerprint density at radius 3 is 2.54 bits per heavy atom. The van der Waals surface area contributed by atoms with Crippen LogP contribution in [0.5, 0.6) is 11.5 Å². The largest absolute Gasteiger partial charge is 0.573 e. The lowest BCUT2D eigenvalue weighted by Crippen LogP contribution is -2.36. The van der Waals surface area contributed by atoms with Crippen LogP contribution in [0.25, 0.3) is 17.1 Å². The third-order valence-corrected chi connectivity index (χ3v) is 7.50. The number of aliphatic imine (C=N–C) groups is 1. The number of nitrogens with zero attached hydrogens (tertiary/aromatic N) is 5. The zero-order valence-corrected chi connectivity index (χ0v) is 25.2. The summed E-state index contributed by atoms with van der Waals surface area (Å²) in [4.78, 5) is 35.0. The molecule has 1 fully saturated rings. The fourth-order valence-corrected chi connectivity index (χ4v) is 5.35. The number of nitrogens with two attached hydrogens (primary N) is 1. The van der Waals surface area contributed by atoms with Crippen LogP contribution in [0.4, 0.5) is 28.0 Å². The van der Waals surface area contributed by atoms with E-state index in [4.69, 9.17) is 10.5 Å². The molecule has 0 radical (unpaired) electrons. The molecule has 0 aliphatic carbocycles. The molecule has 2 heterocycles. The molecule has 3 aromatic carbocycles. The van der Waals surface area contributed by atoms with Crippen LogP contribution >= 0.6 is 11.8 Å². The first kappa shape index (κ1) is 32.4. The summed E-state index contributed by atoms with van der Waals surface area (Å²) < 4.78 is 62.7. The highest BCUT2D eigenvalue weighted by molar-refractivity contribution is 8.16. The first-order valence-corrected chi connectivity index (χ1v) is 14.7. The minimum absolute atomic E-state index is 0.0193. The highest BCUT2D eigenvalue weighted by Gasteiger charge is 2.38. The van der Waals surface area contributed by atoms with Gasteiger partial charge in [0.15, 0.2) is 17.7 Å². The molecule has 11 nitrogen and oxygen atoms in total. The normalized spacial score (nSPS) is 15.8. The van der Waals surface area contributed by atoms with Gasteiger partial charge in [-0.2, -0.15) is 4.99 Å². The fourth-order valence-electron chi connectivity index (χ4n) is 4.49. The molecule has 1 atom stereocenters. The van der Waals surface area contributed by atoms with E-state index in [2.05, 4.69) is 25.1 Å². The van der Waals surface area contributed by atoms with Crippen LogP contribution in [0.15, 0.2) is 72.0 Å². The van der Waals surface area contributed by atoms with Crippen molar-refractivity contribution in [3.8, 4) is 28.6 Å². The summed E-state index contributed by atoms with van der Waals surface area (Å²) in [7, 11) is 0. The molecule has 4 aromatic rings. The predicted molar refractivity (Wildman–Crippen MR) is 163 cm³/mol. The number of anilines is 1. The maximum Gasteiger partial charge on any atom is 0.573 e. The van der Waals surface area contributed by atoms with Crippen LogP contribution in [0.3, 0.4) is 0 Å². The van der Waals surface area contributed by atoms with Crippen molar-refractivity contribution in [3.05, 3.63) is 83.9 Å². The van der Waals surface area contributed by atoms with Crippen molar-refractivity contribution in [2.24, 2.45) is 10.7 Å². The summed E-state index contributed by atoms with van der Waals surface area (Å²) in [5.74, 6) is -1.40. The number of amides is 3. The number of amidine groups is 1. The number of halogens is 4. The molecular weight excluding hydrogens is 630 g/mol. The van der Waals surface area contributed by atoms with Crippen molar-refractivity contribution in [3.63, 3.8) is 0 Å². The molecular formula is C30H27F4N7O4S. The predicted octanol–water partition coefficient (Wildman–Crippen LogP) is 5.70. The minimum Gasteiger partial charge on any atom is -0.473 e. The van der Waals surface area contributed by atoms with Crippen molar-refractivity contribution in [2.45, 2.75) is 38.4 Å². The number of rotatable bonds is 9. The number of nitrogens with one attached hydrogen (secondary N) is 1. The van der Waals surface area contributed by atoms with Gasteiger partial charge in [0.2, 0.25) is 0 Å². The molecule has 1 saturated heterocycles. The molecule has 0 saturated carbocycles. The third kappa shape index (κ3) is 7.63. The third-order valence-electron chi connectivity index (χ3n) is 6.56. The van der Waals surface area contributed by atoms with Crippen molar-refractivity contribution in [1.29, 1.82) is 0 Å². The molecule has 1 aliphatic heterocycles. The Morgan fingerprint density at radius 1 is 1.11 bits per heavy atom. The van der Waals surface area contributed by atoms with Crippen LogP contribution in [0.2, 0.25) is 0 Å². The van der Waals surface area contributed by atoms with E-state index in [1.54, 1.807) is 0 Å². The highest BCUT2D eigenvalue weighted by Crippen LogP contribution is 2.33. The Kier molecular flexibility index (Phi) is 9.57. The van der Waals surface area contributed by atoms with Crippen molar-refractivity contribution < 1.29 is 36.6 Å². The van der Waals surface area contributed by atoms with E-state index >= 15 is 0 Å². The number of urea groups is 1. The molecule has 1 aromatic heterocycles. The number of benzene rings is 3. The monoisotopic (exact) mass is 657 g/mol. The van der Waals surface area contributed by atoms with Crippen LogP contribution in [0, 0.1) is 12.7 Å². The quantitative estimate of drug-likeness (QED) is 0.173. The van der Waals surface area contributed by atoms with E-state index in [0.29, 0.717) is 11.4 Å². The summed E-state index contributed by atoms with van der Waals surface area (Å²) in [6.07, 6.45) is -1.96. The van der Waals surface area contributed by atoms with Gasteiger partial charge >= 0.3 is 12.4 Å². The average Bonchev–Trinajstić information content (AvgIpc) is 3.58. The Labute approximate surface area is 264 Å². The topological polar surface area (TPSA) is 137 Å². The molecule has 3 N–H and O–H groups in total. The van der Waals surface area contributed by atoms with Gasteiger partial charge in [0.05, 0.1) is 16.9 Å². The number of aromatic nitrogens is 3. The standard InChI is InChI=1S/C30H27F4N7O4S/c1-3-4-18-6-5-17(2)13-24(18)41-27(42)25(35)46-29(41)38-28(43)37-16-44-21-11-12-22(23(31)14-21)26-36-15-40(39-26)19-7-9-20(10-8-19)45-30(32,33)34/h5-15,25H,3-4,16,35H2,1-2H3,(H,37,43)/b38-29-. The van der Waals surface area contributed by atoms with E-state index in [-0.39, 0.29) is 34.9 Å². The molecule has 0 spiro atoms. The van der Waals surface area contributed by atoms with Crippen LogP contribution in [0.1, 0.15) is 24.5 Å². The molecule has 0 bridgehead atoms. The SMILES string of the molecule is CCCc1ccc(C)cc1N1C(=O)C(N)S/C1=N\C(=O)NCOc1ccc(-c2ncn(-c3ccc(OC(F)(F)F)cc3)n2)c(F)c1. The number of ether oxygens (including phenoxy) is 2. The first-order chi connectivity index (χ1) is 21.9. The van der Waals surface area contributed by atoms with E-state index in [9.17, 15) is 27.2 Å². The van der Waals surface area contributed by atoms with Gasteiger partial charge in [0.25, 0.3) is 5.91 Å². The maximum atomic E-state index is 15.0. The van der Waals surface area contributed by atoms with E-state index in [1.165, 1.54) is 40.2 Å². The number of thioether (sulfide) groups is 1. The smallest absolute Gasteiger partial charge is 0.473 e. The lowest BCUT2D eigenvalue weighted by molar-refractivity contribution is -0.274. The second-order valence-corrected chi connectivity index (χ2v) is 11.1. The van der Waals surface area contributed by atoms with Gasteiger partial charge in [-0.25, -0.2) is 18.9 Å².